The molecule has 0 saturated heterocycles. The smallest absolute Gasteiger partial charge is 0.284 e. The molecule has 0 saturated carbocycles. The van der Waals surface area contributed by atoms with Gasteiger partial charge in [-0.05, 0) is 42.3 Å². The molecule has 1 aliphatic rings. The molecule has 2 aromatic carbocycles. The number of hydrogen-bond donors (Lipinski definition) is 1. The van der Waals surface area contributed by atoms with Gasteiger partial charge in [-0.3, -0.25) is 4.79 Å². The standard InChI is InChI=1S/C21H24N2O5/c1-3-4-11-26-17-10-9-15(12-19(17)25-2)13-22-23-21(24)20-14-27-16-7-5-6-8-18(16)28-20/h5-10,12-13,20H,3-4,11,14H2,1-2H3,(H,23,24)/b22-13+. The number of amides is 1. The minimum Gasteiger partial charge on any atom is -0.493 e. The highest BCUT2D eigenvalue weighted by Crippen LogP contribution is 2.31. The Morgan fingerprint density at radius 3 is 2.86 bits per heavy atom. The maximum Gasteiger partial charge on any atom is 0.284 e. The molecular formula is C21H24N2O5. The van der Waals surface area contributed by atoms with Crippen molar-refractivity contribution in [1.82, 2.24) is 5.43 Å². The fourth-order valence-electron chi connectivity index (χ4n) is 2.60. The number of methoxy groups -OCH3 is 1. The molecule has 1 heterocycles. The molecule has 1 aliphatic heterocycles. The van der Waals surface area contributed by atoms with Crippen LogP contribution in [0.1, 0.15) is 25.3 Å². The molecule has 0 fully saturated rings. The fraction of sp³-hybridized carbons (Fsp3) is 0.333. The first-order valence-corrected chi connectivity index (χ1v) is 9.23. The van der Waals surface area contributed by atoms with E-state index in [0.717, 1.165) is 18.4 Å². The van der Waals surface area contributed by atoms with Crippen LogP contribution in [0.2, 0.25) is 0 Å². The summed E-state index contributed by atoms with van der Waals surface area (Å²) >= 11 is 0. The number of carbonyl (C=O) groups is 1. The van der Waals surface area contributed by atoms with E-state index in [1.165, 1.54) is 6.21 Å². The maximum atomic E-state index is 12.2. The molecule has 3 rings (SSSR count). The van der Waals surface area contributed by atoms with E-state index < -0.39 is 6.10 Å². The number of rotatable bonds is 8. The summed E-state index contributed by atoms with van der Waals surface area (Å²) in [5, 5.41) is 4.00. The van der Waals surface area contributed by atoms with Gasteiger partial charge in [-0.25, -0.2) is 5.43 Å². The molecule has 0 spiro atoms. The number of unbranched alkanes of at least 4 members (excludes halogenated alkanes) is 1. The highest BCUT2D eigenvalue weighted by atomic mass is 16.6. The summed E-state index contributed by atoms with van der Waals surface area (Å²) in [5.74, 6) is 2.09. The third-order valence-electron chi connectivity index (χ3n) is 4.13. The van der Waals surface area contributed by atoms with Crippen molar-refractivity contribution < 1.29 is 23.7 Å². The molecule has 7 heteroatoms. The molecule has 1 unspecified atom stereocenters. The summed E-state index contributed by atoms with van der Waals surface area (Å²) in [7, 11) is 1.59. The Kier molecular flexibility index (Phi) is 6.73. The molecule has 0 radical (unpaired) electrons. The molecule has 0 aliphatic carbocycles. The van der Waals surface area contributed by atoms with Crippen LogP contribution in [0.5, 0.6) is 23.0 Å². The van der Waals surface area contributed by atoms with Crippen molar-refractivity contribution in [3.8, 4) is 23.0 Å². The van der Waals surface area contributed by atoms with Crippen molar-refractivity contribution in [3.05, 3.63) is 48.0 Å². The Morgan fingerprint density at radius 2 is 2.07 bits per heavy atom. The van der Waals surface area contributed by atoms with Gasteiger partial charge in [0.25, 0.3) is 5.91 Å². The van der Waals surface area contributed by atoms with E-state index in [-0.39, 0.29) is 12.5 Å². The molecule has 2 aromatic rings. The first-order chi connectivity index (χ1) is 13.7. The van der Waals surface area contributed by atoms with Gasteiger partial charge in [-0.15, -0.1) is 0 Å². The fourth-order valence-corrected chi connectivity index (χ4v) is 2.60. The molecule has 148 valence electrons. The SMILES string of the molecule is CCCCOc1ccc(/C=N/NC(=O)C2COc3ccccc3O2)cc1OC. The van der Waals surface area contributed by atoms with E-state index in [2.05, 4.69) is 17.5 Å². The summed E-state index contributed by atoms with van der Waals surface area (Å²) < 4.78 is 22.3. The van der Waals surface area contributed by atoms with Gasteiger partial charge >= 0.3 is 0 Å². The second kappa shape index (κ2) is 9.64. The van der Waals surface area contributed by atoms with Crippen LogP contribution in [0.15, 0.2) is 47.6 Å². The van der Waals surface area contributed by atoms with E-state index in [1.54, 1.807) is 25.3 Å². The lowest BCUT2D eigenvalue weighted by Crippen LogP contribution is -2.42. The van der Waals surface area contributed by atoms with Crippen LogP contribution in [0.3, 0.4) is 0 Å². The number of ether oxygens (including phenoxy) is 4. The van der Waals surface area contributed by atoms with E-state index in [9.17, 15) is 4.79 Å². The summed E-state index contributed by atoms with van der Waals surface area (Å²) in [6, 6.07) is 12.7. The van der Waals surface area contributed by atoms with Crippen LogP contribution >= 0.6 is 0 Å². The van der Waals surface area contributed by atoms with E-state index in [0.29, 0.717) is 29.6 Å². The van der Waals surface area contributed by atoms with Gasteiger partial charge < -0.3 is 18.9 Å². The number of hydrazone groups is 1. The number of para-hydroxylation sites is 2. The molecule has 1 amide bonds. The number of carbonyl (C=O) groups excluding carboxylic acids is 1. The van der Waals surface area contributed by atoms with Crippen molar-refractivity contribution >= 4 is 12.1 Å². The van der Waals surface area contributed by atoms with E-state index >= 15 is 0 Å². The van der Waals surface area contributed by atoms with Crippen molar-refractivity contribution in [2.75, 3.05) is 20.3 Å². The Morgan fingerprint density at radius 1 is 1.25 bits per heavy atom. The minimum absolute atomic E-state index is 0.135. The Hall–Kier alpha value is -3.22. The first kappa shape index (κ1) is 19.5. The van der Waals surface area contributed by atoms with Crippen LogP contribution in [0.4, 0.5) is 0 Å². The quantitative estimate of drug-likeness (QED) is 0.430. The molecule has 28 heavy (non-hydrogen) atoms. The first-order valence-electron chi connectivity index (χ1n) is 9.23. The van der Waals surface area contributed by atoms with Gasteiger partial charge in [-0.2, -0.15) is 5.10 Å². The van der Waals surface area contributed by atoms with Gasteiger partial charge in [0.05, 0.1) is 19.9 Å². The van der Waals surface area contributed by atoms with Gasteiger partial charge in [-0.1, -0.05) is 25.5 Å². The van der Waals surface area contributed by atoms with Crippen molar-refractivity contribution in [3.63, 3.8) is 0 Å². The average molecular weight is 384 g/mol. The molecule has 7 nitrogen and oxygen atoms in total. The zero-order valence-corrected chi connectivity index (χ0v) is 16.0. The van der Waals surface area contributed by atoms with Gasteiger partial charge in [0.2, 0.25) is 6.10 Å². The number of nitrogens with zero attached hydrogens (tertiary/aromatic N) is 1. The Labute approximate surface area is 164 Å². The predicted octanol–water partition coefficient (Wildman–Crippen LogP) is 3.16. The lowest BCUT2D eigenvalue weighted by atomic mass is 10.2. The molecule has 1 atom stereocenters. The van der Waals surface area contributed by atoms with Crippen molar-refractivity contribution in [2.45, 2.75) is 25.9 Å². The van der Waals surface area contributed by atoms with E-state index in [1.807, 2.05) is 24.3 Å². The summed E-state index contributed by atoms with van der Waals surface area (Å²) in [6.07, 6.45) is 2.83. The maximum absolute atomic E-state index is 12.2. The lowest BCUT2D eigenvalue weighted by Gasteiger charge is -2.24. The molecule has 1 N–H and O–H groups in total. The van der Waals surface area contributed by atoms with Crippen LogP contribution in [-0.4, -0.2) is 38.5 Å². The van der Waals surface area contributed by atoms with E-state index in [4.69, 9.17) is 18.9 Å². The summed E-state index contributed by atoms with van der Waals surface area (Å²) in [6.45, 7) is 2.89. The monoisotopic (exact) mass is 384 g/mol. The topological polar surface area (TPSA) is 78.4 Å². The molecule has 0 aromatic heterocycles. The van der Waals surface area contributed by atoms with Crippen LogP contribution in [-0.2, 0) is 4.79 Å². The predicted molar refractivity (Wildman–Crippen MR) is 105 cm³/mol. The lowest BCUT2D eigenvalue weighted by molar-refractivity contribution is -0.130. The summed E-state index contributed by atoms with van der Waals surface area (Å²) in [4.78, 5) is 12.2. The number of fused-ring (bicyclic) bond motifs is 1. The van der Waals surface area contributed by atoms with Gasteiger partial charge in [0.15, 0.2) is 23.0 Å². The third-order valence-corrected chi connectivity index (χ3v) is 4.13. The highest BCUT2D eigenvalue weighted by molar-refractivity contribution is 5.85. The van der Waals surface area contributed by atoms with Crippen LogP contribution < -0.4 is 24.4 Å². The average Bonchev–Trinajstić information content (AvgIpc) is 2.74. The molecule has 0 bridgehead atoms. The number of benzene rings is 2. The second-order valence-electron chi connectivity index (χ2n) is 6.21. The van der Waals surface area contributed by atoms with Crippen molar-refractivity contribution in [1.29, 1.82) is 0 Å². The van der Waals surface area contributed by atoms with Crippen LogP contribution in [0.25, 0.3) is 0 Å². The van der Waals surface area contributed by atoms with Crippen molar-refractivity contribution in [2.24, 2.45) is 5.10 Å². The minimum atomic E-state index is -0.754. The van der Waals surface area contributed by atoms with Crippen LogP contribution in [0, 0.1) is 0 Å². The van der Waals surface area contributed by atoms with Gasteiger partial charge in [0, 0.05) is 0 Å². The molecular weight excluding hydrogens is 360 g/mol. The highest BCUT2D eigenvalue weighted by Gasteiger charge is 2.26. The zero-order valence-electron chi connectivity index (χ0n) is 16.0. The second-order valence-corrected chi connectivity index (χ2v) is 6.21. The third kappa shape index (κ3) is 4.94. The largest absolute Gasteiger partial charge is 0.493 e. The van der Waals surface area contributed by atoms with Gasteiger partial charge in [0.1, 0.15) is 6.61 Å². The number of hydrogen-bond acceptors (Lipinski definition) is 6. The normalized spacial score (nSPS) is 15.3. The number of nitrogens with one attached hydrogen (secondary N) is 1. The zero-order chi connectivity index (χ0) is 19.8. The summed E-state index contributed by atoms with van der Waals surface area (Å²) in [5.41, 5.74) is 3.25. The Bertz CT molecular complexity index is 837. The Balaban J connectivity index is 1.56.